The van der Waals surface area contributed by atoms with Gasteiger partial charge in [-0.1, -0.05) is 6.07 Å². The second kappa shape index (κ2) is 5.28. The van der Waals surface area contributed by atoms with E-state index in [9.17, 15) is 9.90 Å². The smallest absolute Gasteiger partial charge is 0.194 e. The first-order valence-corrected chi connectivity index (χ1v) is 7.90. The maximum Gasteiger partial charge on any atom is 0.194 e. The highest BCUT2D eigenvalue weighted by Gasteiger charge is 2.32. The molecule has 1 atom stereocenters. The van der Waals surface area contributed by atoms with Gasteiger partial charge in [-0.2, -0.15) is 0 Å². The molecule has 122 valence electrons. The first kappa shape index (κ1) is 15.1. The van der Waals surface area contributed by atoms with Crippen LogP contribution in [0.1, 0.15) is 15.9 Å². The molecule has 1 aliphatic carbocycles. The van der Waals surface area contributed by atoms with Crippen molar-refractivity contribution in [3.63, 3.8) is 0 Å². The number of phenolic OH excluding ortho intramolecular Hbond substituents is 1. The molecule has 0 aromatic heterocycles. The lowest BCUT2D eigenvalue weighted by atomic mass is 10.1. The third kappa shape index (κ3) is 2.03. The molecule has 1 fully saturated rings. The van der Waals surface area contributed by atoms with Gasteiger partial charge >= 0.3 is 0 Å². The molecule has 0 amide bonds. The third-order valence-corrected chi connectivity index (χ3v) is 5.14. The molecule has 2 aromatic carbocycles. The zero-order valence-corrected chi connectivity index (χ0v) is 13.8. The van der Waals surface area contributed by atoms with Gasteiger partial charge in [-0.3, -0.25) is 4.79 Å². The van der Waals surface area contributed by atoms with Crippen molar-refractivity contribution in [1.82, 2.24) is 5.32 Å². The Kier molecular flexibility index (Phi) is 3.32. The van der Waals surface area contributed by atoms with E-state index in [0.717, 1.165) is 42.0 Å². The van der Waals surface area contributed by atoms with E-state index in [1.54, 1.807) is 12.1 Å². The van der Waals surface area contributed by atoms with E-state index < -0.39 is 0 Å². The molecule has 2 N–H and O–H groups in total. The van der Waals surface area contributed by atoms with Crippen LogP contribution < -0.4 is 10.2 Å². The summed E-state index contributed by atoms with van der Waals surface area (Å²) in [5, 5.41) is 12.9. The fourth-order valence-electron chi connectivity index (χ4n) is 3.94. The summed E-state index contributed by atoms with van der Waals surface area (Å²) in [6.07, 6.45) is 2.13. The molecule has 4 nitrogen and oxygen atoms in total. The zero-order chi connectivity index (χ0) is 15.6. The Morgan fingerprint density at radius 1 is 1.04 bits per heavy atom. The number of fused-ring (bicyclic) bond motifs is 4. The van der Waals surface area contributed by atoms with Gasteiger partial charge in [0.2, 0.25) is 0 Å². The molecule has 1 unspecified atom stereocenters. The first-order valence-electron chi connectivity index (χ1n) is 7.90. The second-order valence-corrected chi connectivity index (χ2v) is 6.49. The number of aromatic hydroxyl groups is 1. The summed E-state index contributed by atoms with van der Waals surface area (Å²) in [5.74, 6) is 0.734. The van der Waals surface area contributed by atoms with Crippen LogP contribution in [0.15, 0.2) is 48.2 Å². The van der Waals surface area contributed by atoms with Crippen molar-refractivity contribution in [3.05, 3.63) is 59.3 Å². The minimum Gasteiger partial charge on any atom is -0.508 e. The lowest BCUT2D eigenvalue weighted by molar-refractivity contribution is 0.104. The van der Waals surface area contributed by atoms with Crippen molar-refractivity contribution in [2.24, 2.45) is 5.92 Å². The van der Waals surface area contributed by atoms with Crippen LogP contribution in [-0.4, -0.2) is 30.5 Å². The van der Waals surface area contributed by atoms with Gasteiger partial charge in [-0.15, -0.1) is 12.4 Å². The van der Waals surface area contributed by atoms with Crippen LogP contribution in [0.2, 0.25) is 0 Å². The first-order chi connectivity index (χ1) is 11.2. The van der Waals surface area contributed by atoms with Gasteiger partial charge in [0.1, 0.15) is 5.75 Å². The molecule has 2 aromatic rings. The van der Waals surface area contributed by atoms with Gasteiger partial charge in [0, 0.05) is 42.4 Å². The molecule has 2 heterocycles. The summed E-state index contributed by atoms with van der Waals surface area (Å²) in [7, 11) is 0. The van der Waals surface area contributed by atoms with E-state index >= 15 is 0 Å². The number of rotatable bonds is 1. The Bertz CT molecular complexity index is 891. The molecule has 0 bridgehead atoms. The molecule has 0 radical (unpaired) electrons. The molecule has 1 saturated heterocycles. The van der Waals surface area contributed by atoms with Gasteiger partial charge < -0.3 is 15.3 Å². The number of nitrogens with zero attached hydrogens (tertiary/aromatic N) is 1. The Balaban J connectivity index is 0.00000146. The van der Waals surface area contributed by atoms with Gasteiger partial charge in [0.15, 0.2) is 5.78 Å². The number of ketones is 1. The molecule has 0 spiro atoms. The van der Waals surface area contributed by atoms with Gasteiger partial charge in [-0.25, -0.2) is 0 Å². The molecular formula is C19H17ClN2O2. The number of benzene rings is 2. The highest BCUT2D eigenvalue weighted by atomic mass is 35.5. The third-order valence-electron chi connectivity index (χ3n) is 5.14. The number of phenols is 1. The van der Waals surface area contributed by atoms with Crippen molar-refractivity contribution in [2.45, 2.75) is 0 Å². The van der Waals surface area contributed by atoms with E-state index in [0.29, 0.717) is 11.5 Å². The number of carbonyl (C=O) groups excluding carboxylic acids is 1. The number of nitrogens with one attached hydrogen (secondary N) is 1. The van der Waals surface area contributed by atoms with Gasteiger partial charge in [0.25, 0.3) is 0 Å². The molecule has 5 heteroatoms. The number of hydrogen-bond acceptors (Lipinski definition) is 4. The predicted molar refractivity (Wildman–Crippen MR) is 96.0 cm³/mol. The fourth-order valence-corrected chi connectivity index (χ4v) is 3.94. The standard InChI is InChI=1S/C19H16N2O2.ClH/c22-14-2-4-16-15-3-1-13(5-17(15)19(23)18(16)6-14)21-9-11-7-20-8-12(11)10-21;/h1-7,12,20,22H,8-10H2;1H. The van der Waals surface area contributed by atoms with Crippen molar-refractivity contribution >= 4 is 23.9 Å². The number of hydrogen-bond donors (Lipinski definition) is 2. The average molecular weight is 341 g/mol. The average Bonchev–Trinajstić information content (AvgIpc) is 3.21. The Labute approximate surface area is 146 Å². The molecule has 3 aliphatic rings. The maximum absolute atomic E-state index is 12.7. The molecule has 2 aliphatic heterocycles. The van der Waals surface area contributed by atoms with Crippen LogP contribution in [0.3, 0.4) is 0 Å². The van der Waals surface area contributed by atoms with Crippen LogP contribution in [0, 0.1) is 5.92 Å². The summed E-state index contributed by atoms with van der Waals surface area (Å²) < 4.78 is 0. The van der Waals surface area contributed by atoms with Crippen molar-refractivity contribution in [1.29, 1.82) is 0 Å². The highest BCUT2D eigenvalue weighted by Crippen LogP contribution is 2.40. The Morgan fingerprint density at radius 2 is 1.79 bits per heavy atom. The summed E-state index contributed by atoms with van der Waals surface area (Å²) in [4.78, 5) is 15.0. The van der Waals surface area contributed by atoms with Crippen LogP contribution in [-0.2, 0) is 0 Å². The monoisotopic (exact) mass is 340 g/mol. The van der Waals surface area contributed by atoms with Crippen molar-refractivity contribution in [2.75, 3.05) is 24.5 Å². The predicted octanol–water partition coefficient (Wildman–Crippen LogP) is 2.95. The number of halogens is 1. The summed E-state index contributed by atoms with van der Waals surface area (Å²) in [6, 6.07) is 11.2. The van der Waals surface area contributed by atoms with E-state index in [-0.39, 0.29) is 23.9 Å². The lowest BCUT2D eigenvalue weighted by Crippen LogP contribution is -2.23. The lowest BCUT2D eigenvalue weighted by Gasteiger charge is -2.19. The van der Waals surface area contributed by atoms with E-state index in [1.807, 2.05) is 18.2 Å². The van der Waals surface area contributed by atoms with Crippen LogP contribution in [0.4, 0.5) is 5.69 Å². The van der Waals surface area contributed by atoms with E-state index in [4.69, 9.17) is 0 Å². The minimum atomic E-state index is 0. The zero-order valence-electron chi connectivity index (χ0n) is 13.0. The topological polar surface area (TPSA) is 52.6 Å². The maximum atomic E-state index is 12.7. The minimum absolute atomic E-state index is 0. The number of anilines is 1. The number of carbonyl (C=O) groups is 1. The van der Waals surface area contributed by atoms with Crippen LogP contribution in [0.25, 0.3) is 11.1 Å². The molecular weight excluding hydrogens is 324 g/mol. The molecule has 5 rings (SSSR count). The second-order valence-electron chi connectivity index (χ2n) is 6.49. The normalized spacial score (nSPS) is 20.0. The van der Waals surface area contributed by atoms with Gasteiger partial charge in [-0.05, 0) is 53.2 Å². The quantitative estimate of drug-likeness (QED) is 0.715. The van der Waals surface area contributed by atoms with Gasteiger partial charge in [0.05, 0.1) is 0 Å². The van der Waals surface area contributed by atoms with Crippen molar-refractivity contribution in [3.8, 4) is 16.9 Å². The fraction of sp³-hybridized carbons (Fsp3) is 0.211. The summed E-state index contributed by atoms with van der Waals surface area (Å²) in [6.45, 7) is 2.94. The SMILES string of the molecule is Cl.O=C1c2cc(O)ccc2-c2ccc(N3CC4=CNCC4C3)cc21. The van der Waals surface area contributed by atoms with Crippen molar-refractivity contribution < 1.29 is 9.90 Å². The van der Waals surface area contributed by atoms with E-state index in [2.05, 4.69) is 22.5 Å². The largest absolute Gasteiger partial charge is 0.508 e. The van der Waals surface area contributed by atoms with Crippen LogP contribution >= 0.6 is 12.4 Å². The van der Waals surface area contributed by atoms with E-state index in [1.165, 1.54) is 5.57 Å². The summed E-state index contributed by atoms with van der Waals surface area (Å²) >= 11 is 0. The molecule has 24 heavy (non-hydrogen) atoms. The Morgan fingerprint density at radius 3 is 2.58 bits per heavy atom. The Hall–Kier alpha value is -2.46. The highest BCUT2D eigenvalue weighted by molar-refractivity contribution is 6.22. The molecule has 0 saturated carbocycles. The van der Waals surface area contributed by atoms with Crippen LogP contribution in [0.5, 0.6) is 5.75 Å². The summed E-state index contributed by atoms with van der Waals surface area (Å²) in [5.41, 5.74) is 5.78.